The van der Waals surface area contributed by atoms with Crippen molar-refractivity contribution in [1.82, 2.24) is 10.2 Å². The molecule has 1 aromatic rings. The Bertz CT molecular complexity index is 774. The summed E-state index contributed by atoms with van der Waals surface area (Å²) in [5, 5.41) is 3.23. The Balaban J connectivity index is 2.12. The summed E-state index contributed by atoms with van der Waals surface area (Å²) in [5.74, 6) is -2.76. The van der Waals surface area contributed by atoms with E-state index in [0.717, 1.165) is 4.90 Å². The summed E-state index contributed by atoms with van der Waals surface area (Å²) < 4.78 is 19.1. The molecule has 2 heterocycles. The van der Waals surface area contributed by atoms with Crippen LogP contribution in [0.15, 0.2) is 24.3 Å². The summed E-state index contributed by atoms with van der Waals surface area (Å²) in [6.45, 7) is 1.87. The Morgan fingerprint density at radius 1 is 1.37 bits per heavy atom. The molecule has 146 valence electrons. The molecular weight excluding hydrogens is 371 g/mol. The maximum absolute atomic E-state index is 13.8. The van der Waals surface area contributed by atoms with E-state index < -0.39 is 41.1 Å². The van der Waals surface area contributed by atoms with Crippen molar-refractivity contribution in [3.05, 3.63) is 35.6 Å². The molecule has 27 heavy (non-hydrogen) atoms. The van der Waals surface area contributed by atoms with Gasteiger partial charge in [-0.1, -0.05) is 12.1 Å². The van der Waals surface area contributed by atoms with Gasteiger partial charge in [0.1, 0.15) is 11.4 Å². The molecule has 3 rings (SSSR count). The third-order valence-electron chi connectivity index (χ3n) is 5.42. The molecule has 0 unspecified atom stereocenters. The van der Waals surface area contributed by atoms with Gasteiger partial charge in [-0.25, -0.2) is 4.39 Å². The molecule has 1 aromatic carbocycles. The summed E-state index contributed by atoms with van der Waals surface area (Å²) in [4.78, 5) is 39.8. The lowest BCUT2D eigenvalue weighted by atomic mass is 9.78. The molecule has 0 radical (unpaired) electrons. The highest BCUT2D eigenvalue weighted by Gasteiger charge is 2.67. The lowest BCUT2D eigenvalue weighted by molar-refractivity contribution is -0.156. The van der Waals surface area contributed by atoms with Crippen LogP contribution in [0.4, 0.5) is 4.39 Å². The van der Waals surface area contributed by atoms with Crippen LogP contribution in [0.1, 0.15) is 24.9 Å². The number of hydrogen-bond acceptors (Lipinski definition) is 6. The van der Waals surface area contributed by atoms with Gasteiger partial charge in [0.2, 0.25) is 11.8 Å². The van der Waals surface area contributed by atoms with Crippen LogP contribution in [0.5, 0.6) is 0 Å². The number of ether oxygens (including phenoxy) is 1. The molecule has 2 saturated heterocycles. The van der Waals surface area contributed by atoms with E-state index in [0.29, 0.717) is 17.7 Å². The summed E-state index contributed by atoms with van der Waals surface area (Å²) in [5.41, 5.74) is -0.769. The highest BCUT2D eigenvalue weighted by atomic mass is 32.2. The summed E-state index contributed by atoms with van der Waals surface area (Å²) >= 11 is 1.54. The number of nitrogens with one attached hydrogen (secondary N) is 1. The lowest BCUT2D eigenvalue weighted by Gasteiger charge is -2.32. The number of esters is 1. The second-order valence-corrected chi connectivity index (χ2v) is 7.84. The van der Waals surface area contributed by atoms with E-state index in [9.17, 15) is 18.8 Å². The molecule has 8 heteroatoms. The number of amides is 2. The van der Waals surface area contributed by atoms with Gasteiger partial charge in [-0.15, -0.1) is 0 Å². The number of likely N-dealkylation sites (tertiary alicyclic amines) is 1. The molecule has 0 aliphatic carbocycles. The largest absolute Gasteiger partial charge is 0.465 e. The average Bonchev–Trinajstić information content (AvgIpc) is 3.11. The van der Waals surface area contributed by atoms with Crippen LogP contribution in [-0.4, -0.2) is 53.9 Å². The average molecular weight is 394 g/mol. The van der Waals surface area contributed by atoms with E-state index >= 15 is 0 Å². The number of imide groups is 1. The molecule has 1 N–H and O–H groups in total. The first kappa shape index (κ1) is 19.8. The van der Waals surface area contributed by atoms with Crippen molar-refractivity contribution in [2.75, 3.05) is 25.7 Å². The molecule has 2 fully saturated rings. The van der Waals surface area contributed by atoms with Crippen LogP contribution in [-0.2, 0) is 19.1 Å². The van der Waals surface area contributed by atoms with Gasteiger partial charge < -0.3 is 4.74 Å². The lowest BCUT2D eigenvalue weighted by Crippen LogP contribution is -2.56. The number of carbonyl (C=O) groups is 3. The van der Waals surface area contributed by atoms with Gasteiger partial charge in [0.15, 0.2) is 0 Å². The standard InChI is InChI=1S/C19H23FN2O4S/c1-4-26-18(25)19(8-9-27-3)14-13(16(23)22(2)17(14)24)15(21-19)11-6-5-7-12(20)10-11/h5-7,10,13-15,21H,4,8-9H2,1-3H3/t13-,14+,15-,19+/m0/s1. The predicted octanol–water partition coefficient (Wildman–Crippen LogP) is 1.76. The fourth-order valence-corrected chi connectivity index (χ4v) is 4.70. The van der Waals surface area contributed by atoms with Gasteiger partial charge >= 0.3 is 5.97 Å². The Morgan fingerprint density at radius 3 is 2.74 bits per heavy atom. The predicted molar refractivity (Wildman–Crippen MR) is 99.4 cm³/mol. The second kappa shape index (κ2) is 7.59. The third kappa shape index (κ3) is 3.14. The van der Waals surface area contributed by atoms with Gasteiger partial charge in [-0.2, -0.15) is 11.8 Å². The SMILES string of the molecule is CCOC(=O)[C@]1(CCSC)N[C@@H](c2cccc(F)c2)[C@H]2C(=O)N(C)C(=O)[C@@H]21. The van der Waals surface area contributed by atoms with Crippen LogP contribution in [0, 0.1) is 17.7 Å². The summed E-state index contributed by atoms with van der Waals surface area (Å²) in [7, 11) is 1.43. The van der Waals surface area contributed by atoms with Crippen molar-refractivity contribution < 1.29 is 23.5 Å². The molecule has 2 aliphatic rings. The molecule has 0 saturated carbocycles. The van der Waals surface area contributed by atoms with Crippen LogP contribution < -0.4 is 5.32 Å². The number of rotatable bonds is 6. The van der Waals surface area contributed by atoms with Gasteiger partial charge in [0, 0.05) is 13.1 Å². The smallest absolute Gasteiger partial charge is 0.327 e. The second-order valence-electron chi connectivity index (χ2n) is 6.85. The van der Waals surface area contributed by atoms with Crippen LogP contribution in [0.3, 0.4) is 0 Å². The number of halogens is 1. The quantitative estimate of drug-likeness (QED) is 0.585. The number of carbonyl (C=O) groups excluding carboxylic acids is 3. The zero-order valence-electron chi connectivity index (χ0n) is 15.5. The first-order valence-electron chi connectivity index (χ1n) is 8.88. The Kier molecular flexibility index (Phi) is 5.58. The molecule has 4 atom stereocenters. The van der Waals surface area contributed by atoms with Crippen LogP contribution in [0.2, 0.25) is 0 Å². The normalized spacial score (nSPS) is 29.9. The fourth-order valence-electron chi connectivity index (χ4n) is 4.18. The van der Waals surface area contributed by atoms with Crippen LogP contribution in [0.25, 0.3) is 0 Å². The van der Waals surface area contributed by atoms with E-state index in [1.54, 1.807) is 30.8 Å². The zero-order valence-corrected chi connectivity index (χ0v) is 16.3. The number of hydrogen-bond donors (Lipinski definition) is 1. The summed E-state index contributed by atoms with van der Waals surface area (Å²) in [6.07, 6.45) is 2.25. The highest BCUT2D eigenvalue weighted by Crippen LogP contribution is 2.50. The zero-order chi connectivity index (χ0) is 19.8. The van der Waals surface area contributed by atoms with Crippen molar-refractivity contribution in [3.8, 4) is 0 Å². The maximum Gasteiger partial charge on any atom is 0.327 e. The Hall–Kier alpha value is -1.93. The fraction of sp³-hybridized carbons (Fsp3) is 0.526. The van der Waals surface area contributed by atoms with E-state index in [-0.39, 0.29) is 12.5 Å². The topological polar surface area (TPSA) is 75.7 Å². The van der Waals surface area contributed by atoms with Crippen molar-refractivity contribution >= 4 is 29.5 Å². The monoisotopic (exact) mass is 394 g/mol. The minimum atomic E-state index is -1.31. The molecule has 2 amide bonds. The maximum atomic E-state index is 13.8. The molecule has 0 spiro atoms. The third-order valence-corrected chi connectivity index (χ3v) is 6.03. The molecule has 0 bridgehead atoms. The first-order chi connectivity index (χ1) is 12.9. The van der Waals surface area contributed by atoms with Gasteiger partial charge in [-0.3, -0.25) is 24.6 Å². The Morgan fingerprint density at radius 2 is 2.11 bits per heavy atom. The number of thioether (sulfide) groups is 1. The van der Waals surface area contributed by atoms with Crippen molar-refractivity contribution in [2.24, 2.45) is 11.8 Å². The van der Waals surface area contributed by atoms with Gasteiger partial charge in [-0.05, 0) is 43.0 Å². The minimum absolute atomic E-state index is 0.168. The van der Waals surface area contributed by atoms with E-state index in [4.69, 9.17) is 4.74 Å². The number of nitrogens with zero attached hydrogens (tertiary/aromatic N) is 1. The number of benzene rings is 1. The molecule has 2 aliphatic heterocycles. The molecule has 0 aromatic heterocycles. The Labute approximate surface area is 161 Å². The van der Waals surface area contributed by atoms with E-state index in [2.05, 4.69) is 5.32 Å². The van der Waals surface area contributed by atoms with Gasteiger partial charge in [0.05, 0.1) is 18.4 Å². The van der Waals surface area contributed by atoms with Crippen molar-refractivity contribution in [3.63, 3.8) is 0 Å². The van der Waals surface area contributed by atoms with Gasteiger partial charge in [0.25, 0.3) is 0 Å². The van der Waals surface area contributed by atoms with Crippen LogP contribution >= 0.6 is 11.8 Å². The highest BCUT2D eigenvalue weighted by molar-refractivity contribution is 7.98. The minimum Gasteiger partial charge on any atom is -0.465 e. The van der Waals surface area contributed by atoms with Crippen molar-refractivity contribution in [1.29, 1.82) is 0 Å². The molecular formula is C19H23FN2O4S. The summed E-state index contributed by atoms with van der Waals surface area (Å²) in [6, 6.07) is 5.26. The first-order valence-corrected chi connectivity index (χ1v) is 10.3. The van der Waals surface area contributed by atoms with E-state index in [1.165, 1.54) is 19.2 Å². The molecule has 6 nitrogen and oxygen atoms in total. The van der Waals surface area contributed by atoms with E-state index in [1.807, 2.05) is 6.26 Å². The van der Waals surface area contributed by atoms with Crippen molar-refractivity contribution in [2.45, 2.75) is 24.9 Å². The number of fused-ring (bicyclic) bond motifs is 1.